The van der Waals surface area contributed by atoms with Crippen molar-refractivity contribution in [1.82, 2.24) is 0 Å². The molecule has 2 aromatic rings. The molecule has 4 nitrogen and oxygen atoms in total. The molecular weight excluding hydrogens is 276 g/mol. The number of nitrogens with two attached hydrogens (primary N) is 1. The second-order valence-electron chi connectivity index (χ2n) is 5.98. The summed E-state index contributed by atoms with van der Waals surface area (Å²) in [5, 5.41) is 0. The standard InChI is InChI=1S/C18H20N2O2/c1-12(2)11-20-15-10-14(19)8-9-16(15)22-17(18(20)21)13-6-4-3-5-7-13/h3-10,12,17H,11,19H2,1-2H3. The maximum Gasteiger partial charge on any atom is 0.272 e. The monoisotopic (exact) mass is 296 g/mol. The quantitative estimate of drug-likeness (QED) is 0.883. The molecule has 4 heteroatoms. The van der Waals surface area contributed by atoms with Gasteiger partial charge >= 0.3 is 0 Å². The van der Waals surface area contributed by atoms with Crippen LogP contribution in [0.1, 0.15) is 25.5 Å². The van der Waals surface area contributed by atoms with E-state index in [9.17, 15) is 4.79 Å². The first-order valence-corrected chi connectivity index (χ1v) is 7.49. The summed E-state index contributed by atoms with van der Waals surface area (Å²) in [4.78, 5) is 14.7. The molecule has 0 fully saturated rings. The average molecular weight is 296 g/mol. The van der Waals surface area contributed by atoms with Crippen molar-refractivity contribution in [2.45, 2.75) is 20.0 Å². The minimum atomic E-state index is -0.601. The Morgan fingerprint density at radius 3 is 2.59 bits per heavy atom. The van der Waals surface area contributed by atoms with Crippen LogP contribution in [0.5, 0.6) is 5.75 Å². The van der Waals surface area contributed by atoms with E-state index in [-0.39, 0.29) is 5.91 Å². The van der Waals surface area contributed by atoms with E-state index >= 15 is 0 Å². The van der Waals surface area contributed by atoms with Gasteiger partial charge in [0.1, 0.15) is 5.75 Å². The molecule has 0 saturated heterocycles. The van der Waals surface area contributed by atoms with E-state index in [1.54, 1.807) is 17.0 Å². The van der Waals surface area contributed by atoms with Gasteiger partial charge in [0.2, 0.25) is 6.10 Å². The minimum absolute atomic E-state index is 0.0435. The molecule has 0 aromatic heterocycles. The SMILES string of the molecule is CC(C)CN1C(=O)C(c2ccccc2)Oc2ccc(N)cc21. The lowest BCUT2D eigenvalue weighted by molar-refractivity contribution is -0.126. The summed E-state index contributed by atoms with van der Waals surface area (Å²) in [6.45, 7) is 4.82. The number of fused-ring (bicyclic) bond motifs is 1. The van der Waals surface area contributed by atoms with Gasteiger partial charge < -0.3 is 15.4 Å². The number of hydrogen-bond acceptors (Lipinski definition) is 3. The first-order chi connectivity index (χ1) is 10.6. The minimum Gasteiger partial charge on any atom is -0.474 e. The van der Waals surface area contributed by atoms with Gasteiger partial charge in [0.15, 0.2) is 0 Å². The third kappa shape index (κ3) is 2.64. The lowest BCUT2D eigenvalue weighted by atomic mass is 10.0. The summed E-state index contributed by atoms with van der Waals surface area (Å²) in [6, 6.07) is 15.0. The van der Waals surface area contributed by atoms with Crippen LogP contribution >= 0.6 is 0 Å². The van der Waals surface area contributed by atoms with E-state index in [2.05, 4.69) is 13.8 Å². The van der Waals surface area contributed by atoms with E-state index in [0.29, 0.717) is 23.9 Å². The van der Waals surface area contributed by atoms with Crippen LogP contribution in [0.4, 0.5) is 11.4 Å². The third-order valence-corrected chi connectivity index (χ3v) is 3.66. The van der Waals surface area contributed by atoms with Crippen LogP contribution in [0.3, 0.4) is 0 Å². The Kier molecular flexibility index (Phi) is 3.75. The fraction of sp³-hybridized carbons (Fsp3) is 0.278. The Balaban J connectivity index is 2.04. The molecule has 0 spiro atoms. The Morgan fingerprint density at radius 1 is 1.18 bits per heavy atom. The molecule has 1 aliphatic heterocycles. The highest BCUT2D eigenvalue weighted by atomic mass is 16.5. The Labute approximate surface area is 130 Å². The molecule has 0 saturated carbocycles. The van der Waals surface area contributed by atoms with Crippen LogP contribution < -0.4 is 15.4 Å². The number of rotatable bonds is 3. The van der Waals surface area contributed by atoms with Gasteiger partial charge in [-0.05, 0) is 24.1 Å². The Bertz CT molecular complexity index is 683. The second kappa shape index (κ2) is 5.72. The lowest BCUT2D eigenvalue weighted by Crippen LogP contribution is -2.43. The number of carbonyl (C=O) groups is 1. The van der Waals surface area contributed by atoms with Crippen molar-refractivity contribution in [3.8, 4) is 5.75 Å². The molecular formula is C18H20N2O2. The van der Waals surface area contributed by atoms with Gasteiger partial charge in [-0.2, -0.15) is 0 Å². The zero-order valence-corrected chi connectivity index (χ0v) is 12.8. The van der Waals surface area contributed by atoms with Gasteiger partial charge in [-0.25, -0.2) is 0 Å². The molecule has 1 heterocycles. The first kappa shape index (κ1) is 14.4. The summed E-state index contributed by atoms with van der Waals surface area (Å²) in [7, 11) is 0. The van der Waals surface area contributed by atoms with Gasteiger partial charge in [-0.1, -0.05) is 44.2 Å². The zero-order valence-electron chi connectivity index (χ0n) is 12.8. The Morgan fingerprint density at radius 2 is 1.91 bits per heavy atom. The van der Waals surface area contributed by atoms with Crippen LogP contribution in [-0.4, -0.2) is 12.5 Å². The number of hydrogen-bond donors (Lipinski definition) is 1. The fourth-order valence-electron chi connectivity index (χ4n) is 2.67. The number of nitrogen functional groups attached to an aromatic ring is 1. The molecule has 2 aromatic carbocycles. The lowest BCUT2D eigenvalue weighted by Gasteiger charge is -2.35. The van der Waals surface area contributed by atoms with Gasteiger partial charge in [-0.15, -0.1) is 0 Å². The summed E-state index contributed by atoms with van der Waals surface area (Å²) in [5.41, 5.74) is 8.12. The Hall–Kier alpha value is -2.49. The largest absolute Gasteiger partial charge is 0.474 e. The van der Waals surface area contributed by atoms with Gasteiger partial charge in [0.25, 0.3) is 5.91 Å². The first-order valence-electron chi connectivity index (χ1n) is 7.49. The summed E-state index contributed by atoms with van der Waals surface area (Å²) in [6.07, 6.45) is -0.601. The van der Waals surface area contributed by atoms with Gasteiger partial charge in [0.05, 0.1) is 5.69 Å². The molecule has 0 bridgehead atoms. The number of amides is 1. The number of nitrogens with zero attached hydrogens (tertiary/aromatic N) is 1. The number of anilines is 2. The summed E-state index contributed by atoms with van der Waals surface area (Å²) in [5.74, 6) is 1.01. The zero-order chi connectivity index (χ0) is 15.7. The molecule has 1 unspecified atom stereocenters. The highest BCUT2D eigenvalue weighted by molar-refractivity contribution is 6.01. The molecule has 3 rings (SSSR count). The van der Waals surface area contributed by atoms with E-state index in [0.717, 1.165) is 11.3 Å². The van der Waals surface area contributed by atoms with E-state index in [1.807, 2.05) is 36.4 Å². The normalized spacial score (nSPS) is 17.3. The summed E-state index contributed by atoms with van der Waals surface area (Å²) < 4.78 is 5.95. The van der Waals surface area contributed by atoms with Crippen molar-refractivity contribution in [2.24, 2.45) is 5.92 Å². The maximum absolute atomic E-state index is 12.9. The van der Waals surface area contributed by atoms with Crippen molar-refractivity contribution in [1.29, 1.82) is 0 Å². The van der Waals surface area contributed by atoms with Crippen molar-refractivity contribution in [2.75, 3.05) is 17.2 Å². The molecule has 114 valence electrons. The van der Waals surface area contributed by atoms with Gasteiger partial charge in [-0.3, -0.25) is 4.79 Å². The number of ether oxygens (including phenoxy) is 1. The van der Waals surface area contributed by atoms with Crippen LogP contribution in [0.25, 0.3) is 0 Å². The van der Waals surface area contributed by atoms with Crippen LogP contribution in [0, 0.1) is 5.92 Å². The van der Waals surface area contributed by atoms with Crippen LogP contribution in [0.2, 0.25) is 0 Å². The average Bonchev–Trinajstić information content (AvgIpc) is 2.51. The summed E-state index contributed by atoms with van der Waals surface area (Å²) >= 11 is 0. The van der Waals surface area contributed by atoms with Crippen molar-refractivity contribution in [3.05, 3.63) is 54.1 Å². The second-order valence-corrected chi connectivity index (χ2v) is 5.98. The van der Waals surface area contributed by atoms with Crippen molar-refractivity contribution in [3.63, 3.8) is 0 Å². The highest BCUT2D eigenvalue weighted by Crippen LogP contribution is 2.40. The van der Waals surface area contributed by atoms with Gasteiger partial charge in [0, 0.05) is 17.8 Å². The number of carbonyl (C=O) groups excluding carboxylic acids is 1. The van der Waals surface area contributed by atoms with E-state index < -0.39 is 6.10 Å². The van der Waals surface area contributed by atoms with Crippen molar-refractivity contribution >= 4 is 17.3 Å². The fourth-order valence-corrected chi connectivity index (χ4v) is 2.67. The van der Waals surface area contributed by atoms with E-state index in [4.69, 9.17) is 10.5 Å². The molecule has 22 heavy (non-hydrogen) atoms. The molecule has 1 aliphatic rings. The topological polar surface area (TPSA) is 55.6 Å². The number of benzene rings is 2. The maximum atomic E-state index is 12.9. The molecule has 0 radical (unpaired) electrons. The van der Waals surface area contributed by atoms with Crippen molar-refractivity contribution < 1.29 is 9.53 Å². The predicted octanol–water partition coefficient (Wildman–Crippen LogP) is 3.39. The molecule has 2 N–H and O–H groups in total. The van der Waals surface area contributed by atoms with Crippen LogP contribution in [-0.2, 0) is 4.79 Å². The molecule has 0 aliphatic carbocycles. The molecule has 1 amide bonds. The highest BCUT2D eigenvalue weighted by Gasteiger charge is 2.35. The smallest absolute Gasteiger partial charge is 0.272 e. The predicted molar refractivity (Wildman–Crippen MR) is 87.9 cm³/mol. The molecule has 1 atom stereocenters. The van der Waals surface area contributed by atoms with Crippen LogP contribution in [0.15, 0.2) is 48.5 Å². The third-order valence-electron chi connectivity index (χ3n) is 3.66. The van der Waals surface area contributed by atoms with E-state index in [1.165, 1.54) is 0 Å².